The van der Waals surface area contributed by atoms with E-state index in [-0.39, 0.29) is 5.56 Å². The van der Waals surface area contributed by atoms with Gasteiger partial charge in [0.1, 0.15) is 5.75 Å². The fourth-order valence-corrected chi connectivity index (χ4v) is 1.54. The van der Waals surface area contributed by atoms with Crippen LogP contribution in [-0.4, -0.2) is 17.3 Å². The van der Waals surface area contributed by atoms with Crippen LogP contribution in [0.2, 0.25) is 5.02 Å². The second-order valence-corrected chi connectivity index (χ2v) is 3.56. The Kier molecular flexibility index (Phi) is 2.92. The van der Waals surface area contributed by atoms with Gasteiger partial charge in [0.2, 0.25) is 0 Å². The van der Waals surface area contributed by atoms with Gasteiger partial charge in [-0.3, -0.25) is 4.79 Å². The molecule has 0 saturated heterocycles. The predicted molar refractivity (Wildman–Crippen MR) is 61.9 cm³/mol. The zero-order valence-electron chi connectivity index (χ0n) is 8.53. The van der Waals surface area contributed by atoms with Gasteiger partial charge in [0.25, 0.3) is 5.56 Å². The van der Waals surface area contributed by atoms with Gasteiger partial charge < -0.3 is 4.74 Å². The molecule has 2 aromatic rings. The highest BCUT2D eigenvalue weighted by molar-refractivity contribution is 6.33. The highest BCUT2D eigenvalue weighted by atomic mass is 35.5. The van der Waals surface area contributed by atoms with Gasteiger partial charge in [-0.15, -0.1) is 0 Å². The molecule has 4 nitrogen and oxygen atoms in total. The number of rotatable bonds is 2. The zero-order valence-corrected chi connectivity index (χ0v) is 9.28. The lowest BCUT2D eigenvalue weighted by atomic mass is 10.1. The predicted octanol–water partition coefficient (Wildman–Crippen LogP) is 2.10. The van der Waals surface area contributed by atoms with Gasteiger partial charge >= 0.3 is 0 Å². The molecule has 2 rings (SSSR count). The third-order valence-corrected chi connectivity index (χ3v) is 2.46. The summed E-state index contributed by atoms with van der Waals surface area (Å²) in [5.41, 5.74) is 1.07. The SMILES string of the molecule is COc1ccc(Cl)c(-c2ccc(=O)[nH]n2)c1. The van der Waals surface area contributed by atoms with Gasteiger partial charge in [-0.25, -0.2) is 5.10 Å². The molecule has 16 heavy (non-hydrogen) atoms. The van der Waals surface area contributed by atoms with Gasteiger partial charge in [-0.05, 0) is 24.3 Å². The highest BCUT2D eigenvalue weighted by Crippen LogP contribution is 2.29. The van der Waals surface area contributed by atoms with Crippen LogP contribution in [0.25, 0.3) is 11.3 Å². The normalized spacial score (nSPS) is 10.1. The van der Waals surface area contributed by atoms with Crippen LogP contribution in [0.15, 0.2) is 35.1 Å². The summed E-state index contributed by atoms with van der Waals surface area (Å²) in [4.78, 5) is 10.9. The molecule has 0 fully saturated rings. The number of hydrogen-bond donors (Lipinski definition) is 1. The monoisotopic (exact) mass is 236 g/mol. The Morgan fingerprint density at radius 1 is 1.31 bits per heavy atom. The van der Waals surface area contributed by atoms with E-state index >= 15 is 0 Å². The number of nitrogens with zero attached hydrogens (tertiary/aromatic N) is 1. The fourth-order valence-electron chi connectivity index (χ4n) is 1.32. The van der Waals surface area contributed by atoms with E-state index in [1.807, 2.05) is 0 Å². The fraction of sp³-hybridized carbons (Fsp3) is 0.0909. The number of nitrogens with one attached hydrogen (secondary N) is 1. The molecule has 0 atom stereocenters. The summed E-state index contributed by atoms with van der Waals surface area (Å²) in [6, 6.07) is 8.26. The van der Waals surface area contributed by atoms with Gasteiger partial charge in [0.05, 0.1) is 17.8 Å². The van der Waals surface area contributed by atoms with Crippen LogP contribution in [-0.2, 0) is 0 Å². The van der Waals surface area contributed by atoms with E-state index < -0.39 is 0 Å². The Bertz CT molecular complexity index is 546. The first kappa shape index (κ1) is 10.7. The van der Waals surface area contributed by atoms with Crippen LogP contribution in [0.3, 0.4) is 0 Å². The second kappa shape index (κ2) is 4.37. The summed E-state index contributed by atoms with van der Waals surface area (Å²) >= 11 is 6.04. The Labute approximate surface area is 96.8 Å². The van der Waals surface area contributed by atoms with Crippen molar-refractivity contribution >= 4 is 11.6 Å². The summed E-state index contributed by atoms with van der Waals surface area (Å²) in [5, 5.41) is 6.82. The number of aromatic amines is 1. The van der Waals surface area contributed by atoms with Gasteiger partial charge in [-0.2, -0.15) is 5.10 Å². The van der Waals surface area contributed by atoms with Crippen LogP contribution >= 0.6 is 11.6 Å². The molecule has 0 aliphatic heterocycles. The molecule has 82 valence electrons. The molecule has 1 heterocycles. The summed E-state index contributed by atoms with van der Waals surface area (Å²) in [6.07, 6.45) is 0. The van der Waals surface area contributed by atoms with E-state index in [9.17, 15) is 4.79 Å². The van der Waals surface area contributed by atoms with Crippen LogP contribution in [0.1, 0.15) is 0 Å². The van der Waals surface area contributed by atoms with Gasteiger partial charge in [0.15, 0.2) is 0 Å². The molecule has 1 aromatic heterocycles. The Hall–Kier alpha value is -1.81. The van der Waals surface area contributed by atoms with Crippen LogP contribution in [0.5, 0.6) is 5.75 Å². The maximum absolute atomic E-state index is 10.9. The lowest BCUT2D eigenvalue weighted by molar-refractivity contribution is 0.415. The molecule has 0 bridgehead atoms. The summed E-state index contributed by atoms with van der Waals surface area (Å²) < 4.78 is 5.10. The van der Waals surface area contributed by atoms with Crippen LogP contribution in [0.4, 0.5) is 0 Å². The van der Waals surface area contributed by atoms with Crippen molar-refractivity contribution in [3.63, 3.8) is 0 Å². The summed E-state index contributed by atoms with van der Waals surface area (Å²) in [5.74, 6) is 0.687. The lowest BCUT2D eigenvalue weighted by Crippen LogP contribution is -2.05. The molecular formula is C11H9ClN2O2. The highest BCUT2D eigenvalue weighted by Gasteiger charge is 2.06. The van der Waals surface area contributed by atoms with E-state index in [1.54, 1.807) is 31.4 Å². The van der Waals surface area contributed by atoms with E-state index in [4.69, 9.17) is 16.3 Å². The number of methoxy groups -OCH3 is 1. The minimum absolute atomic E-state index is 0.247. The minimum Gasteiger partial charge on any atom is -0.497 e. The first-order valence-corrected chi connectivity index (χ1v) is 4.98. The largest absolute Gasteiger partial charge is 0.497 e. The lowest BCUT2D eigenvalue weighted by Gasteiger charge is -2.05. The molecule has 0 spiro atoms. The van der Waals surface area contributed by atoms with Gasteiger partial charge in [0, 0.05) is 11.6 Å². The summed E-state index contributed by atoms with van der Waals surface area (Å²) in [7, 11) is 1.58. The number of ether oxygens (including phenoxy) is 1. The van der Waals surface area contributed by atoms with Crippen molar-refractivity contribution in [2.45, 2.75) is 0 Å². The van der Waals surface area contributed by atoms with E-state index in [1.165, 1.54) is 6.07 Å². The third kappa shape index (κ3) is 2.06. The quantitative estimate of drug-likeness (QED) is 0.869. The molecule has 0 aliphatic carbocycles. The van der Waals surface area contributed by atoms with E-state index in [2.05, 4.69) is 10.2 Å². The Balaban J connectivity index is 2.54. The number of aromatic nitrogens is 2. The first-order valence-electron chi connectivity index (χ1n) is 4.60. The maximum Gasteiger partial charge on any atom is 0.264 e. The molecule has 0 unspecified atom stereocenters. The Morgan fingerprint density at radius 2 is 2.12 bits per heavy atom. The van der Waals surface area contributed by atoms with Crippen molar-refractivity contribution in [3.8, 4) is 17.0 Å². The number of hydrogen-bond acceptors (Lipinski definition) is 3. The number of benzene rings is 1. The molecule has 5 heteroatoms. The zero-order chi connectivity index (χ0) is 11.5. The van der Waals surface area contributed by atoms with Crippen molar-refractivity contribution in [2.75, 3.05) is 7.11 Å². The number of halogens is 1. The maximum atomic E-state index is 10.9. The van der Waals surface area contributed by atoms with Crippen LogP contribution in [0, 0.1) is 0 Å². The molecular weight excluding hydrogens is 228 g/mol. The van der Waals surface area contributed by atoms with Crippen molar-refractivity contribution < 1.29 is 4.74 Å². The molecule has 0 aliphatic rings. The molecule has 0 amide bonds. The van der Waals surface area contributed by atoms with Crippen molar-refractivity contribution in [1.82, 2.24) is 10.2 Å². The third-order valence-electron chi connectivity index (χ3n) is 2.13. The molecule has 0 radical (unpaired) electrons. The van der Waals surface area contributed by atoms with Crippen molar-refractivity contribution in [3.05, 3.63) is 45.7 Å². The summed E-state index contributed by atoms with van der Waals surface area (Å²) in [6.45, 7) is 0. The Morgan fingerprint density at radius 3 is 2.75 bits per heavy atom. The standard InChI is InChI=1S/C11H9ClN2O2/c1-16-7-2-3-9(12)8(6-7)10-4-5-11(15)14-13-10/h2-6H,1H3,(H,14,15). The minimum atomic E-state index is -0.247. The van der Waals surface area contributed by atoms with E-state index in [0.29, 0.717) is 16.5 Å². The topological polar surface area (TPSA) is 55.0 Å². The number of H-pyrrole nitrogens is 1. The smallest absolute Gasteiger partial charge is 0.264 e. The average Bonchev–Trinajstić information content (AvgIpc) is 2.31. The molecule has 1 N–H and O–H groups in total. The van der Waals surface area contributed by atoms with Crippen molar-refractivity contribution in [2.24, 2.45) is 0 Å². The van der Waals surface area contributed by atoms with E-state index in [0.717, 1.165) is 5.56 Å². The van der Waals surface area contributed by atoms with Crippen molar-refractivity contribution in [1.29, 1.82) is 0 Å². The average molecular weight is 237 g/mol. The first-order chi connectivity index (χ1) is 7.70. The van der Waals surface area contributed by atoms with Crippen LogP contribution < -0.4 is 10.3 Å². The molecule has 1 aromatic carbocycles. The molecule has 0 saturated carbocycles. The van der Waals surface area contributed by atoms with Gasteiger partial charge in [-0.1, -0.05) is 11.6 Å². The second-order valence-electron chi connectivity index (χ2n) is 3.15.